The van der Waals surface area contributed by atoms with Gasteiger partial charge in [-0.15, -0.1) is 0 Å². The van der Waals surface area contributed by atoms with Gasteiger partial charge in [-0.2, -0.15) is 0 Å². The third-order valence-corrected chi connectivity index (χ3v) is 10.6. The first-order chi connectivity index (χ1) is 10.6. The van der Waals surface area contributed by atoms with Crippen LogP contribution in [0, 0.1) is 13.8 Å². The number of rotatable bonds is 7. The summed E-state index contributed by atoms with van der Waals surface area (Å²) in [5.74, 6) is 1.11. The minimum Gasteiger partial charge on any atom is -0.489 e. The molecule has 0 fully saturated rings. The molecule has 0 saturated heterocycles. The number of allylic oxidation sites excluding steroid dienone is 4. The smallest absolute Gasteiger partial charge is 0.121 e. The largest absolute Gasteiger partial charge is 0.489 e. The Labute approximate surface area is 136 Å². The molecular formula is C20H28OSi. The molecule has 118 valence electrons. The van der Waals surface area contributed by atoms with Crippen LogP contribution in [0.4, 0.5) is 0 Å². The highest BCUT2D eigenvalue weighted by Gasteiger charge is 2.40. The molecule has 1 nitrogen and oxygen atoms in total. The predicted octanol–water partition coefficient (Wildman–Crippen LogP) is 5.06. The monoisotopic (exact) mass is 312 g/mol. The molecule has 1 aromatic carbocycles. The van der Waals surface area contributed by atoms with E-state index in [-0.39, 0.29) is 0 Å². The molecule has 0 aliphatic heterocycles. The van der Waals surface area contributed by atoms with Crippen molar-refractivity contribution >= 4 is 13.3 Å². The molecule has 0 unspecified atom stereocenters. The third kappa shape index (κ3) is 2.98. The topological polar surface area (TPSA) is 9.23 Å². The average Bonchev–Trinajstić information content (AvgIpc) is 3.03. The van der Waals surface area contributed by atoms with Gasteiger partial charge in [-0.25, -0.2) is 0 Å². The Bertz CT molecular complexity index is 582. The Morgan fingerprint density at radius 3 is 2.32 bits per heavy atom. The van der Waals surface area contributed by atoms with Crippen LogP contribution in [0.15, 0.2) is 49.1 Å². The number of aryl methyl sites for hydroxylation is 2. The Hall–Kier alpha value is -1.54. The van der Waals surface area contributed by atoms with E-state index in [1.165, 1.54) is 28.4 Å². The van der Waals surface area contributed by atoms with E-state index in [2.05, 4.69) is 70.7 Å². The molecule has 22 heavy (non-hydrogen) atoms. The van der Waals surface area contributed by atoms with Crippen molar-refractivity contribution in [3.05, 3.63) is 60.2 Å². The van der Waals surface area contributed by atoms with Gasteiger partial charge in [-0.1, -0.05) is 80.6 Å². The Morgan fingerprint density at radius 1 is 1.14 bits per heavy atom. The lowest BCUT2D eigenvalue weighted by Crippen LogP contribution is -2.50. The summed E-state index contributed by atoms with van der Waals surface area (Å²) >= 11 is 0. The molecule has 0 aromatic heterocycles. The molecule has 0 saturated carbocycles. The maximum Gasteiger partial charge on any atom is 0.121 e. The average molecular weight is 313 g/mol. The fourth-order valence-electron chi connectivity index (χ4n) is 3.74. The van der Waals surface area contributed by atoms with Gasteiger partial charge < -0.3 is 4.74 Å². The van der Waals surface area contributed by atoms with E-state index >= 15 is 0 Å². The van der Waals surface area contributed by atoms with Crippen molar-refractivity contribution in [2.75, 3.05) is 6.61 Å². The zero-order valence-electron chi connectivity index (χ0n) is 14.4. The Morgan fingerprint density at radius 2 is 1.77 bits per heavy atom. The van der Waals surface area contributed by atoms with Crippen molar-refractivity contribution in [2.45, 2.75) is 45.3 Å². The molecular weight excluding hydrogens is 284 g/mol. The molecule has 0 N–H and O–H groups in total. The van der Waals surface area contributed by atoms with Gasteiger partial charge in [0.05, 0.1) is 0 Å². The lowest BCUT2D eigenvalue weighted by Gasteiger charge is -2.36. The van der Waals surface area contributed by atoms with Crippen molar-refractivity contribution in [3.63, 3.8) is 0 Å². The zero-order chi connectivity index (χ0) is 16.2. The van der Waals surface area contributed by atoms with Gasteiger partial charge in [-0.3, -0.25) is 0 Å². The summed E-state index contributed by atoms with van der Waals surface area (Å²) in [6.45, 7) is 13.4. The van der Waals surface area contributed by atoms with Crippen LogP contribution in [0.1, 0.15) is 25.0 Å². The highest BCUT2D eigenvalue weighted by Crippen LogP contribution is 2.37. The molecule has 2 heteroatoms. The van der Waals surface area contributed by atoms with Crippen molar-refractivity contribution in [3.8, 4) is 5.75 Å². The van der Waals surface area contributed by atoms with Crippen molar-refractivity contribution in [1.82, 2.24) is 0 Å². The van der Waals surface area contributed by atoms with Gasteiger partial charge >= 0.3 is 0 Å². The van der Waals surface area contributed by atoms with Gasteiger partial charge in [0.15, 0.2) is 0 Å². The van der Waals surface area contributed by atoms with Crippen LogP contribution in [0.3, 0.4) is 0 Å². The number of hydrogen-bond donors (Lipinski definition) is 0. The SMILES string of the molecule is C=CCOc1c(C)cc(C)cc1[Si](CC)(CC)C1C=CC=C1. The second-order valence-electron chi connectivity index (χ2n) is 6.22. The van der Waals surface area contributed by atoms with E-state index in [4.69, 9.17) is 4.74 Å². The van der Waals surface area contributed by atoms with Gasteiger partial charge in [-0.05, 0) is 30.1 Å². The first-order valence-electron chi connectivity index (χ1n) is 8.29. The third-order valence-electron chi connectivity index (χ3n) is 4.95. The molecule has 1 aliphatic rings. The van der Waals surface area contributed by atoms with Gasteiger partial charge in [0.1, 0.15) is 20.4 Å². The second-order valence-corrected chi connectivity index (χ2v) is 11.1. The molecule has 0 bridgehead atoms. The van der Waals surface area contributed by atoms with Crippen molar-refractivity contribution < 1.29 is 4.74 Å². The molecule has 1 aromatic rings. The number of hydrogen-bond acceptors (Lipinski definition) is 1. The molecule has 0 atom stereocenters. The summed E-state index contributed by atoms with van der Waals surface area (Å²) in [5.41, 5.74) is 3.17. The molecule has 2 rings (SSSR count). The highest BCUT2D eigenvalue weighted by atomic mass is 28.3. The van der Waals surface area contributed by atoms with Crippen LogP contribution in [-0.2, 0) is 0 Å². The van der Waals surface area contributed by atoms with Gasteiger partial charge in [0.25, 0.3) is 0 Å². The molecule has 0 spiro atoms. The first-order valence-corrected chi connectivity index (χ1v) is 10.8. The quantitative estimate of drug-likeness (QED) is 0.505. The maximum absolute atomic E-state index is 6.11. The summed E-state index contributed by atoms with van der Waals surface area (Å²) < 4.78 is 6.11. The Kier molecular flexibility index (Phi) is 5.46. The van der Waals surface area contributed by atoms with Gasteiger partial charge in [0.2, 0.25) is 0 Å². The van der Waals surface area contributed by atoms with Crippen LogP contribution in [0.5, 0.6) is 5.75 Å². The molecule has 1 aliphatic carbocycles. The van der Waals surface area contributed by atoms with Crippen LogP contribution in [0.2, 0.25) is 17.6 Å². The summed E-state index contributed by atoms with van der Waals surface area (Å²) in [6.07, 6.45) is 11.0. The zero-order valence-corrected chi connectivity index (χ0v) is 15.4. The normalized spacial score (nSPS) is 14.5. The second kappa shape index (κ2) is 7.15. The van der Waals surface area contributed by atoms with Crippen LogP contribution < -0.4 is 9.92 Å². The predicted molar refractivity (Wildman–Crippen MR) is 100.0 cm³/mol. The number of ether oxygens (including phenoxy) is 1. The van der Waals surface area contributed by atoms with E-state index < -0.39 is 8.07 Å². The fourth-order valence-corrected chi connectivity index (χ4v) is 8.50. The summed E-state index contributed by atoms with van der Waals surface area (Å²) in [5, 5.41) is 1.48. The summed E-state index contributed by atoms with van der Waals surface area (Å²) in [7, 11) is -1.68. The van der Waals surface area contributed by atoms with E-state index in [0.717, 1.165) is 5.75 Å². The maximum atomic E-state index is 6.11. The van der Waals surface area contributed by atoms with Crippen LogP contribution in [-0.4, -0.2) is 14.7 Å². The van der Waals surface area contributed by atoms with E-state index in [1.54, 1.807) is 0 Å². The lowest BCUT2D eigenvalue weighted by atomic mass is 10.1. The first kappa shape index (κ1) is 16.8. The van der Waals surface area contributed by atoms with Crippen molar-refractivity contribution in [2.24, 2.45) is 0 Å². The van der Waals surface area contributed by atoms with E-state index in [1.807, 2.05) is 6.08 Å². The lowest BCUT2D eigenvalue weighted by molar-refractivity contribution is 0.363. The fraction of sp³-hybridized carbons (Fsp3) is 0.400. The summed E-state index contributed by atoms with van der Waals surface area (Å²) in [4.78, 5) is 0. The number of benzene rings is 1. The van der Waals surface area contributed by atoms with E-state index in [0.29, 0.717) is 12.1 Å². The standard InChI is InChI=1S/C20H28OSi/c1-6-13-21-20-17(5)14-16(4)15-19(20)22(7-2,8-3)18-11-9-10-12-18/h6,9-12,14-15,18H,1,7-8,13H2,2-5H3. The van der Waals surface area contributed by atoms with Crippen molar-refractivity contribution in [1.29, 1.82) is 0 Å². The van der Waals surface area contributed by atoms with Crippen LogP contribution >= 0.6 is 0 Å². The summed E-state index contributed by atoms with van der Waals surface area (Å²) in [6, 6.07) is 7.07. The molecule has 0 heterocycles. The minimum atomic E-state index is -1.68. The molecule has 0 radical (unpaired) electrons. The molecule has 0 amide bonds. The van der Waals surface area contributed by atoms with E-state index in [9.17, 15) is 0 Å². The minimum absolute atomic E-state index is 0.575. The van der Waals surface area contributed by atoms with Gasteiger partial charge in [0, 0.05) is 0 Å². The Balaban J connectivity index is 2.61. The van der Waals surface area contributed by atoms with Crippen LogP contribution in [0.25, 0.3) is 0 Å². The highest BCUT2D eigenvalue weighted by molar-refractivity contribution is 6.94.